The molecule has 0 aliphatic carbocycles. The summed E-state index contributed by atoms with van der Waals surface area (Å²) in [6.07, 6.45) is 4.25. The summed E-state index contributed by atoms with van der Waals surface area (Å²) in [5, 5.41) is 2.54. The summed E-state index contributed by atoms with van der Waals surface area (Å²) in [4.78, 5) is 33.8. The van der Waals surface area contributed by atoms with Gasteiger partial charge < -0.3 is 19.9 Å². The van der Waals surface area contributed by atoms with Gasteiger partial charge in [0.05, 0.1) is 13.2 Å². The minimum Gasteiger partial charge on any atom is -0.453 e. The maximum Gasteiger partial charge on any atom is 0.407 e. The lowest BCUT2D eigenvalue weighted by Gasteiger charge is -2.28. The number of methoxy groups -OCH3 is 1. The number of aromatic nitrogens is 2. The van der Waals surface area contributed by atoms with Gasteiger partial charge in [-0.2, -0.15) is 0 Å². The zero-order chi connectivity index (χ0) is 17.8. The van der Waals surface area contributed by atoms with Crippen LogP contribution in [-0.4, -0.2) is 40.5 Å². The molecule has 2 heterocycles. The number of ether oxygens (including phenoxy) is 1. The van der Waals surface area contributed by atoms with Crippen LogP contribution in [0.2, 0.25) is 0 Å². The SMILES string of the molecule is COC(=O)NC(C(=O)N1CCCC1c1ncc[nH]1)c1ccc(F)cc1. The first-order valence-electron chi connectivity index (χ1n) is 8.00. The van der Waals surface area contributed by atoms with Crippen molar-refractivity contribution in [1.29, 1.82) is 0 Å². The molecule has 1 aliphatic rings. The molecule has 25 heavy (non-hydrogen) atoms. The summed E-state index contributed by atoms with van der Waals surface area (Å²) in [6.45, 7) is 0.560. The largest absolute Gasteiger partial charge is 0.453 e. The van der Waals surface area contributed by atoms with E-state index in [2.05, 4.69) is 20.0 Å². The van der Waals surface area contributed by atoms with E-state index in [0.717, 1.165) is 12.8 Å². The molecule has 2 amide bonds. The summed E-state index contributed by atoms with van der Waals surface area (Å²) in [7, 11) is 1.23. The number of hydrogen-bond acceptors (Lipinski definition) is 4. The van der Waals surface area contributed by atoms with E-state index >= 15 is 0 Å². The third kappa shape index (κ3) is 3.62. The number of halogens is 1. The number of carbonyl (C=O) groups excluding carboxylic acids is 2. The fourth-order valence-corrected chi connectivity index (χ4v) is 3.06. The molecular weight excluding hydrogens is 327 g/mol. The number of alkyl carbamates (subject to hydrolysis) is 1. The molecule has 0 bridgehead atoms. The molecule has 2 unspecified atom stereocenters. The van der Waals surface area contributed by atoms with E-state index in [0.29, 0.717) is 17.9 Å². The molecule has 7 nitrogen and oxygen atoms in total. The van der Waals surface area contributed by atoms with Gasteiger partial charge in [0.1, 0.15) is 17.7 Å². The summed E-state index contributed by atoms with van der Waals surface area (Å²) in [5.74, 6) is 0.0142. The molecule has 2 atom stereocenters. The van der Waals surface area contributed by atoms with Crippen molar-refractivity contribution in [3.63, 3.8) is 0 Å². The number of likely N-dealkylation sites (tertiary alicyclic amines) is 1. The second-order valence-electron chi connectivity index (χ2n) is 5.78. The van der Waals surface area contributed by atoms with Crippen LogP contribution in [-0.2, 0) is 9.53 Å². The van der Waals surface area contributed by atoms with Gasteiger partial charge in [0.2, 0.25) is 0 Å². The van der Waals surface area contributed by atoms with Crippen LogP contribution in [0.15, 0.2) is 36.7 Å². The van der Waals surface area contributed by atoms with Crippen LogP contribution >= 0.6 is 0 Å². The van der Waals surface area contributed by atoms with Crippen molar-refractivity contribution in [2.45, 2.75) is 24.9 Å². The summed E-state index contributed by atoms with van der Waals surface area (Å²) in [5.41, 5.74) is 0.488. The molecule has 1 aromatic heterocycles. The molecule has 1 aromatic carbocycles. The van der Waals surface area contributed by atoms with E-state index in [1.165, 1.54) is 31.4 Å². The second-order valence-corrected chi connectivity index (χ2v) is 5.78. The van der Waals surface area contributed by atoms with Crippen molar-refractivity contribution in [2.24, 2.45) is 0 Å². The highest BCUT2D eigenvalue weighted by atomic mass is 19.1. The van der Waals surface area contributed by atoms with Crippen molar-refractivity contribution >= 4 is 12.0 Å². The number of rotatable bonds is 4. The van der Waals surface area contributed by atoms with Gasteiger partial charge in [-0.05, 0) is 30.5 Å². The quantitative estimate of drug-likeness (QED) is 0.889. The molecular formula is C17H19FN4O3. The van der Waals surface area contributed by atoms with Gasteiger partial charge in [-0.1, -0.05) is 12.1 Å². The minimum atomic E-state index is -0.955. The third-order valence-electron chi connectivity index (χ3n) is 4.27. The van der Waals surface area contributed by atoms with Gasteiger partial charge in [-0.25, -0.2) is 14.2 Å². The number of carbonyl (C=O) groups is 2. The van der Waals surface area contributed by atoms with Crippen LogP contribution in [0, 0.1) is 5.82 Å². The molecule has 2 aromatic rings. The molecule has 3 rings (SSSR count). The van der Waals surface area contributed by atoms with Crippen molar-refractivity contribution in [3.05, 3.63) is 53.9 Å². The molecule has 2 N–H and O–H groups in total. The Morgan fingerprint density at radius 3 is 2.80 bits per heavy atom. The topological polar surface area (TPSA) is 87.3 Å². The number of nitrogens with zero attached hydrogens (tertiary/aromatic N) is 2. The molecule has 8 heteroatoms. The third-order valence-corrected chi connectivity index (χ3v) is 4.27. The number of amides is 2. The number of hydrogen-bond donors (Lipinski definition) is 2. The Morgan fingerprint density at radius 1 is 1.40 bits per heavy atom. The number of nitrogens with one attached hydrogen (secondary N) is 2. The van der Waals surface area contributed by atoms with Crippen LogP contribution < -0.4 is 5.32 Å². The Balaban J connectivity index is 1.87. The highest BCUT2D eigenvalue weighted by Crippen LogP contribution is 2.32. The number of benzene rings is 1. The van der Waals surface area contributed by atoms with Crippen molar-refractivity contribution < 1.29 is 18.7 Å². The van der Waals surface area contributed by atoms with Gasteiger partial charge in [-0.15, -0.1) is 0 Å². The summed E-state index contributed by atoms with van der Waals surface area (Å²) >= 11 is 0. The summed E-state index contributed by atoms with van der Waals surface area (Å²) < 4.78 is 17.8. The Hall–Kier alpha value is -2.90. The smallest absolute Gasteiger partial charge is 0.407 e. The van der Waals surface area contributed by atoms with E-state index in [4.69, 9.17) is 0 Å². The first-order valence-corrected chi connectivity index (χ1v) is 8.00. The number of H-pyrrole nitrogens is 1. The summed E-state index contributed by atoms with van der Waals surface area (Å²) in [6, 6.07) is 4.33. The molecule has 1 fully saturated rings. The minimum absolute atomic E-state index is 0.176. The predicted molar refractivity (Wildman–Crippen MR) is 87.0 cm³/mol. The van der Waals surface area contributed by atoms with Crippen molar-refractivity contribution in [2.75, 3.05) is 13.7 Å². The first-order chi connectivity index (χ1) is 12.1. The normalized spacial score (nSPS) is 18.0. The number of imidazole rings is 1. The van der Waals surface area contributed by atoms with Crippen LogP contribution in [0.3, 0.4) is 0 Å². The molecule has 0 spiro atoms. The second kappa shape index (κ2) is 7.33. The van der Waals surface area contributed by atoms with E-state index in [1.807, 2.05) is 0 Å². The first kappa shape index (κ1) is 16.9. The van der Waals surface area contributed by atoms with Crippen molar-refractivity contribution in [1.82, 2.24) is 20.2 Å². The zero-order valence-electron chi connectivity index (χ0n) is 13.7. The van der Waals surface area contributed by atoms with Gasteiger partial charge in [0.15, 0.2) is 0 Å². The Bertz CT molecular complexity index is 733. The lowest BCUT2D eigenvalue weighted by Crippen LogP contribution is -2.42. The molecule has 0 saturated carbocycles. The average Bonchev–Trinajstić information content (AvgIpc) is 3.30. The van der Waals surface area contributed by atoms with Gasteiger partial charge in [0.25, 0.3) is 5.91 Å². The lowest BCUT2D eigenvalue weighted by atomic mass is 10.0. The molecule has 0 radical (unpaired) electrons. The standard InChI is InChI=1S/C17H19FN4O3/c1-25-17(24)21-14(11-4-6-12(18)7-5-11)16(23)22-10-2-3-13(22)15-19-8-9-20-15/h4-9,13-14H,2-3,10H2,1H3,(H,19,20)(H,21,24). The molecule has 1 saturated heterocycles. The van der Waals surface area contributed by atoms with E-state index in [9.17, 15) is 14.0 Å². The van der Waals surface area contributed by atoms with Crippen LogP contribution in [0.5, 0.6) is 0 Å². The zero-order valence-corrected chi connectivity index (χ0v) is 13.7. The Morgan fingerprint density at radius 2 is 2.16 bits per heavy atom. The van der Waals surface area contributed by atoms with Gasteiger partial charge in [-0.3, -0.25) is 4.79 Å². The fourth-order valence-electron chi connectivity index (χ4n) is 3.06. The maximum atomic E-state index is 13.2. The van der Waals surface area contributed by atoms with Gasteiger partial charge in [0, 0.05) is 18.9 Å². The lowest BCUT2D eigenvalue weighted by molar-refractivity contribution is -0.134. The number of aromatic amines is 1. The Labute approximate surface area is 144 Å². The van der Waals surface area contributed by atoms with Crippen LogP contribution in [0.1, 0.15) is 36.3 Å². The highest BCUT2D eigenvalue weighted by Gasteiger charge is 2.36. The molecule has 132 valence electrons. The van der Waals surface area contributed by atoms with E-state index < -0.39 is 18.0 Å². The monoisotopic (exact) mass is 346 g/mol. The van der Waals surface area contributed by atoms with Crippen LogP contribution in [0.4, 0.5) is 9.18 Å². The predicted octanol–water partition coefficient (Wildman–Crippen LogP) is 2.31. The fraction of sp³-hybridized carbons (Fsp3) is 0.353. The van der Waals surface area contributed by atoms with Crippen molar-refractivity contribution in [3.8, 4) is 0 Å². The highest BCUT2D eigenvalue weighted by molar-refractivity contribution is 5.87. The Kier molecular flexibility index (Phi) is 4.97. The van der Waals surface area contributed by atoms with E-state index in [1.54, 1.807) is 17.3 Å². The van der Waals surface area contributed by atoms with Gasteiger partial charge >= 0.3 is 6.09 Å². The average molecular weight is 346 g/mol. The molecule has 1 aliphatic heterocycles. The maximum absolute atomic E-state index is 13.2. The van der Waals surface area contributed by atoms with Crippen LogP contribution in [0.25, 0.3) is 0 Å². The van der Waals surface area contributed by atoms with E-state index in [-0.39, 0.29) is 11.9 Å².